The lowest BCUT2D eigenvalue weighted by Crippen LogP contribution is -2.42. The van der Waals surface area contributed by atoms with E-state index in [-0.39, 0.29) is 0 Å². The van der Waals surface area contributed by atoms with Gasteiger partial charge in [-0.1, -0.05) is 5.11 Å². The van der Waals surface area contributed by atoms with Gasteiger partial charge < -0.3 is 10.8 Å². The second kappa shape index (κ2) is 2.34. The molecule has 0 unspecified atom stereocenters. The maximum absolute atomic E-state index is 10.0. The van der Waals surface area contributed by atoms with Gasteiger partial charge in [0.05, 0.1) is 0 Å². The van der Waals surface area contributed by atoms with Gasteiger partial charge in [-0.3, -0.25) is 4.79 Å². The molecule has 0 aliphatic rings. The van der Waals surface area contributed by atoms with Crippen molar-refractivity contribution in [1.29, 1.82) is 0 Å². The second-order valence-corrected chi connectivity index (χ2v) is 1.64. The molecule has 0 spiro atoms. The van der Waals surface area contributed by atoms with E-state index in [1.807, 2.05) is 0 Å². The Hall–Kier alpha value is -1.26. The van der Waals surface area contributed by atoms with Gasteiger partial charge in [-0.15, -0.1) is 0 Å². The Labute approximate surface area is 50.9 Å². The van der Waals surface area contributed by atoms with Crippen LogP contribution in [0.3, 0.4) is 0 Å². The summed E-state index contributed by atoms with van der Waals surface area (Å²) < 4.78 is 0. The molecule has 1 atom stereocenters. The molecule has 0 aromatic rings. The zero-order valence-corrected chi connectivity index (χ0v) is 4.77. The number of hydrogen-bond acceptors (Lipinski definition) is 3. The molecule has 9 heavy (non-hydrogen) atoms. The lowest BCUT2D eigenvalue weighted by atomic mass is 10.2. The minimum absolute atomic E-state index is 1.11. The van der Waals surface area contributed by atoms with Crippen LogP contribution in [0.25, 0.3) is 10.4 Å². The summed E-state index contributed by atoms with van der Waals surface area (Å²) in [7, 11) is 0. The van der Waals surface area contributed by atoms with Gasteiger partial charge >= 0.3 is 5.97 Å². The summed E-state index contributed by atoms with van der Waals surface area (Å²) in [6, 6.07) is 0. The van der Waals surface area contributed by atoms with E-state index in [1.165, 1.54) is 0 Å². The normalized spacial score (nSPS) is 15.3. The van der Waals surface area contributed by atoms with E-state index in [0.717, 1.165) is 6.92 Å². The van der Waals surface area contributed by atoms with E-state index in [0.29, 0.717) is 0 Å². The molecule has 0 saturated carbocycles. The van der Waals surface area contributed by atoms with E-state index in [4.69, 9.17) is 16.4 Å². The van der Waals surface area contributed by atoms with Crippen molar-refractivity contribution in [2.45, 2.75) is 12.6 Å². The number of nitrogens with zero attached hydrogens (tertiary/aromatic N) is 3. The van der Waals surface area contributed by atoms with Gasteiger partial charge in [-0.05, 0) is 12.5 Å². The first-order chi connectivity index (χ1) is 4.00. The highest BCUT2D eigenvalue weighted by Gasteiger charge is 2.25. The largest absolute Gasteiger partial charge is 0.480 e. The molecule has 0 aliphatic heterocycles. The van der Waals surface area contributed by atoms with Crippen LogP contribution in [0.5, 0.6) is 0 Å². The standard InChI is InChI=1S/C3H6N4O2/c1-3(4,2(8)9)6-7-5/h4H2,1H3,(H,8,9)/t3-/m1/s1. The predicted molar refractivity (Wildman–Crippen MR) is 29.4 cm³/mol. The van der Waals surface area contributed by atoms with Gasteiger partial charge in [0.15, 0.2) is 5.66 Å². The van der Waals surface area contributed by atoms with E-state index in [1.54, 1.807) is 0 Å². The van der Waals surface area contributed by atoms with Crippen molar-refractivity contribution < 1.29 is 9.90 Å². The summed E-state index contributed by atoms with van der Waals surface area (Å²) in [5.41, 5.74) is 10.9. The molecule has 0 fully saturated rings. The van der Waals surface area contributed by atoms with Crippen molar-refractivity contribution in [3.63, 3.8) is 0 Å². The number of rotatable bonds is 2. The molecule has 0 aliphatic carbocycles. The van der Waals surface area contributed by atoms with Crippen LogP contribution in [0.2, 0.25) is 0 Å². The molecule has 0 bridgehead atoms. The summed E-state index contributed by atoms with van der Waals surface area (Å²) in [5, 5.41) is 11.0. The Morgan fingerprint density at radius 3 is 2.56 bits per heavy atom. The number of aliphatic carboxylic acids is 1. The number of carbonyl (C=O) groups is 1. The molecule has 0 aromatic heterocycles. The van der Waals surface area contributed by atoms with Crippen LogP contribution in [-0.4, -0.2) is 16.7 Å². The van der Waals surface area contributed by atoms with Crippen molar-refractivity contribution in [2.75, 3.05) is 0 Å². The van der Waals surface area contributed by atoms with Gasteiger partial charge in [0.25, 0.3) is 0 Å². The number of azide groups is 1. The zero-order chi connectivity index (χ0) is 7.49. The van der Waals surface area contributed by atoms with Crippen LogP contribution < -0.4 is 5.73 Å². The molecule has 0 saturated heterocycles. The smallest absolute Gasteiger partial charge is 0.329 e. The minimum atomic E-state index is -1.82. The van der Waals surface area contributed by atoms with Crippen LogP contribution in [0.15, 0.2) is 5.11 Å². The van der Waals surface area contributed by atoms with Crippen molar-refractivity contribution in [1.82, 2.24) is 0 Å². The summed E-state index contributed by atoms with van der Waals surface area (Å²) >= 11 is 0. The SMILES string of the molecule is C[C@@](N)(N=[N+]=[N-])C(=O)O. The Morgan fingerprint density at radius 2 is 2.44 bits per heavy atom. The second-order valence-electron chi connectivity index (χ2n) is 1.64. The third-order valence-corrected chi connectivity index (χ3v) is 0.685. The summed E-state index contributed by atoms with van der Waals surface area (Å²) in [4.78, 5) is 12.3. The average molecular weight is 130 g/mol. The Balaban J connectivity index is 4.37. The van der Waals surface area contributed by atoms with Gasteiger partial charge in [0, 0.05) is 4.91 Å². The van der Waals surface area contributed by atoms with Gasteiger partial charge in [-0.25, -0.2) is 0 Å². The number of carboxylic acids is 1. The molecule has 0 rings (SSSR count). The van der Waals surface area contributed by atoms with Gasteiger partial charge in [0.1, 0.15) is 0 Å². The van der Waals surface area contributed by atoms with Gasteiger partial charge in [0.2, 0.25) is 0 Å². The summed E-state index contributed by atoms with van der Waals surface area (Å²) in [5.74, 6) is -1.35. The highest BCUT2D eigenvalue weighted by atomic mass is 16.4. The van der Waals surface area contributed by atoms with Crippen molar-refractivity contribution in [3.8, 4) is 0 Å². The Bertz CT molecular complexity index is 165. The molecule has 6 nitrogen and oxygen atoms in total. The Morgan fingerprint density at radius 1 is 2.00 bits per heavy atom. The van der Waals surface area contributed by atoms with Gasteiger partial charge in [-0.2, -0.15) is 0 Å². The fourth-order valence-electron chi connectivity index (χ4n) is 0.136. The maximum atomic E-state index is 10.0. The quantitative estimate of drug-likeness (QED) is 0.313. The molecular formula is C3H6N4O2. The summed E-state index contributed by atoms with van der Waals surface area (Å²) in [6.45, 7) is 1.11. The van der Waals surface area contributed by atoms with Crippen LogP contribution >= 0.6 is 0 Å². The van der Waals surface area contributed by atoms with E-state index < -0.39 is 11.6 Å². The fraction of sp³-hybridized carbons (Fsp3) is 0.667. The molecular weight excluding hydrogens is 124 g/mol. The number of carboxylic acid groups (broad SMARTS) is 1. The lowest BCUT2D eigenvalue weighted by molar-refractivity contribution is -0.142. The Kier molecular flexibility index (Phi) is 2.01. The first-order valence-electron chi connectivity index (χ1n) is 2.09. The highest BCUT2D eigenvalue weighted by molar-refractivity contribution is 5.77. The number of hydrogen-bond donors (Lipinski definition) is 2. The first-order valence-corrected chi connectivity index (χ1v) is 2.09. The average Bonchev–Trinajstić information content (AvgIpc) is 1.65. The third-order valence-electron chi connectivity index (χ3n) is 0.685. The molecule has 0 heterocycles. The molecule has 0 radical (unpaired) electrons. The van der Waals surface area contributed by atoms with E-state index in [2.05, 4.69) is 10.0 Å². The predicted octanol–water partition coefficient (Wildman–Crippen LogP) is 0.0562. The molecule has 6 heteroatoms. The lowest BCUT2D eigenvalue weighted by Gasteiger charge is -2.09. The monoisotopic (exact) mass is 130 g/mol. The van der Waals surface area contributed by atoms with Crippen LogP contribution in [0, 0.1) is 0 Å². The van der Waals surface area contributed by atoms with Crippen molar-refractivity contribution >= 4 is 5.97 Å². The molecule has 3 N–H and O–H groups in total. The fourth-order valence-corrected chi connectivity index (χ4v) is 0.136. The van der Waals surface area contributed by atoms with E-state index in [9.17, 15) is 4.79 Å². The van der Waals surface area contributed by atoms with Crippen LogP contribution in [-0.2, 0) is 4.79 Å². The highest BCUT2D eigenvalue weighted by Crippen LogP contribution is 1.99. The van der Waals surface area contributed by atoms with Crippen molar-refractivity contribution in [3.05, 3.63) is 10.4 Å². The number of nitrogens with two attached hydrogens (primary N) is 1. The molecule has 50 valence electrons. The van der Waals surface area contributed by atoms with Crippen molar-refractivity contribution in [2.24, 2.45) is 10.8 Å². The molecule has 0 aromatic carbocycles. The van der Waals surface area contributed by atoms with Crippen LogP contribution in [0.1, 0.15) is 6.92 Å². The zero-order valence-electron chi connectivity index (χ0n) is 4.77. The maximum Gasteiger partial charge on any atom is 0.329 e. The first kappa shape index (κ1) is 7.74. The third kappa shape index (κ3) is 1.98. The molecule has 0 amide bonds. The minimum Gasteiger partial charge on any atom is -0.480 e. The van der Waals surface area contributed by atoms with E-state index >= 15 is 0 Å². The van der Waals surface area contributed by atoms with Crippen LogP contribution in [0.4, 0.5) is 0 Å². The topological polar surface area (TPSA) is 112 Å². The summed E-state index contributed by atoms with van der Waals surface area (Å²) in [6.07, 6.45) is 0.